The van der Waals surface area contributed by atoms with Crippen molar-refractivity contribution in [1.29, 1.82) is 0 Å². The number of fused-ring (bicyclic) bond motifs is 1. The summed E-state index contributed by atoms with van der Waals surface area (Å²) in [5.74, 6) is 0.715. The molecule has 0 saturated carbocycles. The fraction of sp³-hybridized carbons (Fsp3) is 0.158. The van der Waals surface area contributed by atoms with Crippen molar-refractivity contribution in [3.63, 3.8) is 0 Å². The zero-order chi connectivity index (χ0) is 16.5. The first-order valence-corrected chi connectivity index (χ1v) is 7.80. The second-order valence-electron chi connectivity index (χ2n) is 5.89. The van der Waals surface area contributed by atoms with Gasteiger partial charge >= 0.3 is 0 Å². The monoisotopic (exact) mass is 319 g/mol. The number of aryl methyl sites for hydroxylation is 1. The van der Waals surface area contributed by atoms with E-state index in [2.05, 4.69) is 29.2 Å². The first-order chi connectivity index (χ1) is 11.8. The molecular weight excluding hydrogens is 302 g/mol. The van der Waals surface area contributed by atoms with E-state index in [0.29, 0.717) is 11.5 Å². The summed E-state index contributed by atoms with van der Waals surface area (Å²) >= 11 is 0. The Bertz CT molecular complexity index is 870. The Balaban J connectivity index is 1.89. The van der Waals surface area contributed by atoms with Crippen molar-refractivity contribution < 1.29 is 9.94 Å². The summed E-state index contributed by atoms with van der Waals surface area (Å²) in [7, 11) is 0. The number of para-hydroxylation sites is 1. The Morgan fingerprint density at radius 1 is 1.12 bits per heavy atom. The number of rotatable bonds is 2. The van der Waals surface area contributed by atoms with E-state index < -0.39 is 0 Å². The van der Waals surface area contributed by atoms with Gasteiger partial charge in [0.25, 0.3) is 0 Å². The van der Waals surface area contributed by atoms with Crippen LogP contribution in [0, 0.1) is 6.92 Å². The molecule has 1 aliphatic rings. The van der Waals surface area contributed by atoms with Crippen LogP contribution >= 0.6 is 0 Å². The molecular formula is C19H17N3O2. The van der Waals surface area contributed by atoms with E-state index in [9.17, 15) is 5.21 Å². The van der Waals surface area contributed by atoms with Crippen LogP contribution in [0.5, 0.6) is 5.75 Å². The molecule has 1 aromatic heterocycles. The number of oxime groups is 1. The smallest absolute Gasteiger partial charge is 0.150 e. The summed E-state index contributed by atoms with van der Waals surface area (Å²) in [6.45, 7) is 2.05. The Kier molecular flexibility index (Phi) is 3.54. The highest BCUT2D eigenvalue weighted by molar-refractivity contribution is 6.06. The number of hydrogen-bond donors (Lipinski definition) is 1. The molecule has 0 spiro atoms. The zero-order valence-corrected chi connectivity index (χ0v) is 13.2. The van der Waals surface area contributed by atoms with Crippen LogP contribution in [-0.4, -0.2) is 20.5 Å². The molecule has 0 unspecified atom stereocenters. The van der Waals surface area contributed by atoms with Crippen LogP contribution in [0.15, 0.2) is 72.4 Å². The molecule has 5 heteroatoms. The predicted molar refractivity (Wildman–Crippen MR) is 90.6 cm³/mol. The Morgan fingerprint density at radius 2 is 1.92 bits per heavy atom. The van der Waals surface area contributed by atoms with Gasteiger partial charge in [-0.3, -0.25) is 0 Å². The van der Waals surface area contributed by atoms with Crippen LogP contribution < -0.4 is 4.74 Å². The van der Waals surface area contributed by atoms with E-state index in [1.807, 2.05) is 47.2 Å². The third kappa shape index (κ3) is 2.34. The third-order valence-electron chi connectivity index (χ3n) is 4.34. The molecule has 24 heavy (non-hydrogen) atoms. The van der Waals surface area contributed by atoms with E-state index >= 15 is 0 Å². The van der Waals surface area contributed by atoms with Gasteiger partial charge in [-0.25, -0.2) is 4.98 Å². The quantitative estimate of drug-likeness (QED) is 0.578. The molecule has 0 amide bonds. The van der Waals surface area contributed by atoms with E-state index in [1.165, 1.54) is 5.56 Å². The first-order valence-electron chi connectivity index (χ1n) is 7.80. The van der Waals surface area contributed by atoms with Crippen LogP contribution in [0.4, 0.5) is 0 Å². The lowest BCUT2D eigenvalue weighted by Gasteiger charge is -2.35. The molecule has 0 bridgehead atoms. The van der Waals surface area contributed by atoms with Crippen LogP contribution in [0.3, 0.4) is 0 Å². The molecule has 1 N–H and O–H groups in total. The fourth-order valence-electron chi connectivity index (χ4n) is 3.14. The lowest BCUT2D eigenvalue weighted by molar-refractivity contribution is 0.157. The molecule has 5 nitrogen and oxygen atoms in total. The SMILES string of the molecule is Cc1ccc([C@@H]2Oc3ccccc3/C(=N/O)[C@H]2n2ccnc2)cc1. The van der Waals surface area contributed by atoms with E-state index in [1.54, 1.807) is 12.5 Å². The largest absolute Gasteiger partial charge is 0.482 e. The second kappa shape index (κ2) is 5.85. The predicted octanol–water partition coefficient (Wildman–Crippen LogP) is 3.74. The highest BCUT2D eigenvalue weighted by atomic mass is 16.5. The van der Waals surface area contributed by atoms with E-state index in [-0.39, 0.29) is 12.1 Å². The maximum Gasteiger partial charge on any atom is 0.150 e. The minimum atomic E-state index is -0.305. The minimum Gasteiger partial charge on any atom is -0.482 e. The number of aromatic nitrogens is 2. The molecule has 2 aromatic carbocycles. The summed E-state index contributed by atoms with van der Waals surface area (Å²) in [5, 5.41) is 13.3. The lowest BCUT2D eigenvalue weighted by Crippen LogP contribution is -2.34. The highest BCUT2D eigenvalue weighted by Crippen LogP contribution is 2.41. The number of benzene rings is 2. The van der Waals surface area contributed by atoms with Gasteiger partial charge in [0.2, 0.25) is 0 Å². The highest BCUT2D eigenvalue weighted by Gasteiger charge is 2.38. The fourth-order valence-corrected chi connectivity index (χ4v) is 3.14. The van der Waals surface area contributed by atoms with Crippen molar-refractivity contribution in [2.45, 2.75) is 19.1 Å². The Hall–Kier alpha value is -3.08. The van der Waals surface area contributed by atoms with E-state index in [0.717, 1.165) is 11.1 Å². The Morgan fingerprint density at radius 3 is 2.62 bits per heavy atom. The molecule has 0 aliphatic carbocycles. The summed E-state index contributed by atoms with van der Waals surface area (Å²) < 4.78 is 8.20. The summed E-state index contributed by atoms with van der Waals surface area (Å²) in [6.07, 6.45) is 4.98. The van der Waals surface area contributed by atoms with Crippen molar-refractivity contribution in [3.8, 4) is 5.75 Å². The standard InChI is InChI=1S/C19H17N3O2/c1-13-6-8-14(9-7-13)19-18(22-11-10-20-12-22)17(21-23)15-4-2-3-5-16(15)24-19/h2-12,18-19,23H,1H3/b21-17-/t18-,19+/m1/s1. The number of hydrogen-bond acceptors (Lipinski definition) is 4. The second-order valence-corrected chi connectivity index (χ2v) is 5.89. The molecule has 0 fully saturated rings. The van der Waals surface area contributed by atoms with Crippen molar-refractivity contribution >= 4 is 5.71 Å². The van der Waals surface area contributed by atoms with Crippen molar-refractivity contribution in [3.05, 3.63) is 83.9 Å². The topological polar surface area (TPSA) is 59.6 Å². The van der Waals surface area contributed by atoms with Crippen molar-refractivity contribution in [1.82, 2.24) is 9.55 Å². The molecule has 120 valence electrons. The molecule has 2 heterocycles. The van der Waals surface area contributed by atoms with Crippen LogP contribution in [0.25, 0.3) is 0 Å². The maximum absolute atomic E-state index is 9.71. The average Bonchev–Trinajstić information content (AvgIpc) is 3.15. The Labute approximate surface area is 139 Å². The normalized spacial score (nSPS) is 21.3. The van der Waals surface area contributed by atoms with Crippen LogP contribution in [-0.2, 0) is 0 Å². The first kappa shape index (κ1) is 14.5. The number of imidazole rings is 1. The minimum absolute atomic E-state index is 0.296. The lowest BCUT2D eigenvalue weighted by atomic mass is 9.90. The van der Waals surface area contributed by atoms with Gasteiger partial charge in [0.15, 0.2) is 6.10 Å². The average molecular weight is 319 g/mol. The molecule has 3 aromatic rings. The third-order valence-corrected chi connectivity index (χ3v) is 4.34. The number of ether oxygens (including phenoxy) is 1. The van der Waals surface area contributed by atoms with Crippen LogP contribution in [0.1, 0.15) is 28.8 Å². The van der Waals surface area contributed by atoms with Gasteiger partial charge in [0, 0.05) is 18.0 Å². The molecule has 2 atom stereocenters. The molecule has 0 radical (unpaired) electrons. The van der Waals surface area contributed by atoms with Gasteiger partial charge < -0.3 is 14.5 Å². The van der Waals surface area contributed by atoms with Gasteiger partial charge in [0.05, 0.1) is 6.33 Å². The van der Waals surface area contributed by atoms with Crippen molar-refractivity contribution in [2.24, 2.45) is 5.16 Å². The summed E-state index contributed by atoms with van der Waals surface area (Å²) in [4.78, 5) is 4.14. The molecule has 1 aliphatic heterocycles. The van der Waals surface area contributed by atoms with Crippen LogP contribution in [0.2, 0.25) is 0 Å². The van der Waals surface area contributed by atoms with Gasteiger partial charge in [-0.1, -0.05) is 47.1 Å². The van der Waals surface area contributed by atoms with Crippen molar-refractivity contribution in [2.75, 3.05) is 0 Å². The molecule has 4 rings (SSSR count). The zero-order valence-electron chi connectivity index (χ0n) is 13.2. The van der Waals surface area contributed by atoms with E-state index in [4.69, 9.17) is 4.74 Å². The number of nitrogens with zero attached hydrogens (tertiary/aromatic N) is 3. The summed E-state index contributed by atoms with van der Waals surface area (Å²) in [6, 6.07) is 15.5. The van der Waals surface area contributed by atoms with Gasteiger partial charge in [-0.15, -0.1) is 0 Å². The van der Waals surface area contributed by atoms with Gasteiger partial charge in [0.1, 0.15) is 17.5 Å². The van der Waals surface area contributed by atoms with Gasteiger partial charge in [-0.05, 0) is 24.6 Å². The maximum atomic E-state index is 9.71. The molecule has 0 saturated heterocycles. The van der Waals surface area contributed by atoms with Gasteiger partial charge in [-0.2, -0.15) is 0 Å². The summed E-state index contributed by atoms with van der Waals surface area (Å²) in [5.41, 5.74) is 3.57.